The minimum Gasteiger partial charge on any atom is -0.460 e. The number of allylic oxidation sites excluding steroid dienone is 1. The smallest absolute Gasteiger partial charge is 0.306 e. The fourth-order valence-electron chi connectivity index (χ4n) is 11.3. The number of hydrogen-bond acceptors (Lipinski definition) is 13. The fourth-order valence-corrected chi connectivity index (χ4v) is 11.3. The molecular weight excluding hydrogens is 1000 g/mol. The number of nitrogens with one attached hydrogen (secondary N) is 6. The molecular formula is C59H94N6O13. The van der Waals surface area contributed by atoms with Crippen LogP contribution in [0.3, 0.4) is 0 Å². The number of aliphatic hydroxyl groups excluding tert-OH is 1. The standard InChI is InChI=1S/C59H94N6O13/c1-35(2)20-21-46-58(13,78-46)51-50(75-14)45(22-24-59(51)34-76-59)77-49(70)28-42(40(10)67)23-25-60-47(68)31-61-52(71)43(26-36(3)4)65-53(72)44(27-41-18-16-15-17-19-41)64-48(69)32-63-55(74)57(12,38(7)8)33-56(11,29-37(5)6)54(73)62-30-39(9)66/h15-20,36-39,42-46,50-51,66H,21-34H2,1-14H3,(H,60,68)(H,61,71)(H,62,73)(H,63,74)(H,64,69)(H,65,72)/t39?,42-,43+,44+,45?,46-,50?,51?,56?,57?,58-,59+/m1/s1. The molecule has 6 amide bonds. The summed E-state index contributed by atoms with van der Waals surface area (Å²) >= 11 is 0. The number of Topliss-reactive ketones (excluding diaryl/α,β-unsaturated/α-hetero) is 1. The van der Waals surface area contributed by atoms with Crippen LogP contribution in [0.2, 0.25) is 0 Å². The van der Waals surface area contributed by atoms with E-state index in [4.69, 9.17) is 18.9 Å². The monoisotopic (exact) mass is 1090 g/mol. The van der Waals surface area contributed by atoms with Gasteiger partial charge in [0.05, 0.1) is 44.2 Å². The molecule has 1 aromatic carbocycles. The topological polar surface area (TPSA) is 272 Å². The molecule has 2 aliphatic heterocycles. The van der Waals surface area contributed by atoms with E-state index in [1.807, 2.05) is 68.4 Å². The molecule has 1 aromatic rings. The van der Waals surface area contributed by atoms with Gasteiger partial charge in [0.1, 0.15) is 41.3 Å². The quantitative estimate of drug-likeness (QED) is 0.0291. The van der Waals surface area contributed by atoms with E-state index in [0.717, 1.165) is 12.0 Å². The maximum absolute atomic E-state index is 14.1. The Morgan fingerprint density at radius 1 is 0.833 bits per heavy atom. The molecule has 1 aliphatic carbocycles. The molecule has 0 aromatic heterocycles. The molecule has 7 N–H and O–H groups in total. The van der Waals surface area contributed by atoms with Crippen LogP contribution in [0, 0.1) is 40.4 Å². The number of methoxy groups -OCH3 is 1. The van der Waals surface area contributed by atoms with Gasteiger partial charge < -0.3 is 56.0 Å². The first-order valence-electron chi connectivity index (χ1n) is 28.1. The van der Waals surface area contributed by atoms with Gasteiger partial charge in [-0.2, -0.15) is 0 Å². The van der Waals surface area contributed by atoms with E-state index in [-0.39, 0.29) is 86.7 Å². The molecule has 3 fully saturated rings. The van der Waals surface area contributed by atoms with Crippen LogP contribution < -0.4 is 31.9 Å². The first-order chi connectivity index (χ1) is 36.5. The van der Waals surface area contributed by atoms with Gasteiger partial charge in [-0.25, -0.2) is 0 Å². The van der Waals surface area contributed by atoms with Crippen LogP contribution in [-0.4, -0.2) is 140 Å². The van der Waals surface area contributed by atoms with Crippen molar-refractivity contribution in [3.05, 3.63) is 47.5 Å². The van der Waals surface area contributed by atoms with Gasteiger partial charge >= 0.3 is 5.97 Å². The van der Waals surface area contributed by atoms with Crippen LogP contribution in [0.5, 0.6) is 0 Å². The Bertz CT molecular complexity index is 2260. The molecule has 0 bridgehead atoms. The van der Waals surface area contributed by atoms with Crippen molar-refractivity contribution >= 4 is 47.2 Å². The van der Waals surface area contributed by atoms with Crippen molar-refractivity contribution in [2.24, 2.45) is 40.4 Å². The summed E-state index contributed by atoms with van der Waals surface area (Å²) in [7, 11) is 1.60. The van der Waals surface area contributed by atoms with Crippen LogP contribution >= 0.6 is 0 Å². The number of epoxide rings is 2. The first kappa shape index (κ1) is 65.3. The predicted molar refractivity (Wildman–Crippen MR) is 295 cm³/mol. The van der Waals surface area contributed by atoms with E-state index < -0.39 is 107 Å². The molecule has 12 atom stereocenters. The highest BCUT2D eigenvalue weighted by Gasteiger charge is 2.72. The van der Waals surface area contributed by atoms with E-state index in [1.54, 1.807) is 45.2 Å². The Labute approximate surface area is 463 Å². The number of rotatable bonds is 32. The molecule has 1 spiro atoms. The van der Waals surface area contributed by atoms with Crippen LogP contribution in [0.15, 0.2) is 42.0 Å². The van der Waals surface area contributed by atoms with Crippen molar-refractivity contribution in [3.63, 3.8) is 0 Å². The molecule has 1 saturated carbocycles. The maximum Gasteiger partial charge on any atom is 0.306 e. The highest BCUT2D eigenvalue weighted by atomic mass is 16.6. The molecule has 78 heavy (non-hydrogen) atoms. The van der Waals surface area contributed by atoms with Crippen LogP contribution in [0.4, 0.5) is 0 Å². The highest BCUT2D eigenvalue weighted by molar-refractivity contribution is 5.95. The third-order valence-corrected chi connectivity index (χ3v) is 15.9. The minimum absolute atomic E-state index is 0.0117. The number of ketones is 1. The van der Waals surface area contributed by atoms with Crippen molar-refractivity contribution in [1.29, 1.82) is 0 Å². The van der Waals surface area contributed by atoms with Gasteiger partial charge in [-0.3, -0.25) is 38.4 Å². The molecule has 19 nitrogen and oxygen atoms in total. The summed E-state index contributed by atoms with van der Waals surface area (Å²) in [4.78, 5) is 108. The van der Waals surface area contributed by atoms with E-state index in [0.29, 0.717) is 25.9 Å². The average molecular weight is 1100 g/mol. The Hall–Kier alpha value is -5.24. The summed E-state index contributed by atoms with van der Waals surface area (Å²) in [6.45, 7) is 23.9. The molecule has 4 rings (SSSR count). The van der Waals surface area contributed by atoms with E-state index in [2.05, 4.69) is 44.9 Å². The Morgan fingerprint density at radius 3 is 2.05 bits per heavy atom. The zero-order valence-electron chi connectivity index (χ0n) is 49.1. The number of hydrogen-bond donors (Lipinski definition) is 7. The fraction of sp³-hybridized carbons (Fsp3) is 0.729. The maximum atomic E-state index is 14.1. The van der Waals surface area contributed by atoms with E-state index >= 15 is 0 Å². The summed E-state index contributed by atoms with van der Waals surface area (Å²) in [6, 6.07) is 6.72. The molecule has 19 heteroatoms. The van der Waals surface area contributed by atoms with Crippen molar-refractivity contribution in [2.75, 3.05) is 39.9 Å². The number of benzene rings is 1. The van der Waals surface area contributed by atoms with E-state index in [1.165, 1.54) is 12.5 Å². The summed E-state index contributed by atoms with van der Waals surface area (Å²) < 4.78 is 24.4. The summed E-state index contributed by atoms with van der Waals surface area (Å²) in [5, 5.41) is 26.3. The Kier molecular flexibility index (Phi) is 24.1. The predicted octanol–water partition coefficient (Wildman–Crippen LogP) is 4.80. The lowest BCUT2D eigenvalue weighted by Crippen LogP contribution is -2.56. The lowest BCUT2D eigenvalue weighted by atomic mass is 9.64. The van der Waals surface area contributed by atoms with Gasteiger partial charge in [-0.1, -0.05) is 97.4 Å². The molecule has 2 saturated heterocycles. The Morgan fingerprint density at radius 2 is 1.49 bits per heavy atom. The van der Waals surface area contributed by atoms with Crippen molar-refractivity contribution in [1.82, 2.24) is 31.9 Å². The molecule has 0 radical (unpaired) electrons. The van der Waals surface area contributed by atoms with Crippen LogP contribution in [-0.2, 0) is 63.7 Å². The van der Waals surface area contributed by atoms with Gasteiger partial charge in [-0.15, -0.1) is 0 Å². The van der Waals surface area contributed by atoms with Crippen LogP contribution in [0.1, 0.15) is 147 Å². The second-order valence-corrected chi connectivity index (χ2v) is 24.4. The minimum atomic E-state index is -1.17. The number of esters is 1. The summed E-state index contributed by atoms with van der Waals surface area (Å²) in [5.41, 5.74) is -1.05. The lowest BCUT2D eigenvalue weighted by molar-refractivity contribution is -0.173. The zero-order valence-corrected chi connectivity index (χ0v) is 49.1. The number of carbonyl (C=O) groups is 8. The molecule has 3 aliphatic rings. The van der Waals surface area contributed by atoms with Gasteiger partial charge in [0.2, 0.25) is 35.4 Å². The van der Waals surface area contributed by atoms with Crippen molar-refractivity contribution in [2.45, 2.75) is 195 Å². The second kappa shape index (κ2) is 28.8. The van der Waals surface area contributed by atoms with Gasteiger partial charge in [0.25, 0.3) is 0 Å². The van der Waals surface area contributed by atoms with Gasteiger partial charge in [0.15, 0.2) is 0 Å². The van der Waals surface area contributed by atoms with Crippen molar-refractivity contribution < 1.29 is 62.4 Å². The zero-order chi connectivity index (χ0) is 58.3. The third kappa shape index (κ3) is 18.7. The highest BCUT2D eigenvalue weighted by Crippen LogP contribution is 2.59. The normalized spacial score (nSPS) is 24.5. The third-order valence-electron chi connectivity index (χ3n) is 15.9. The first-order valence-corrected chi connectivity index (χ1v) is 28.1. The SMILES string of the molecule is COC1C(OC(=O)C[C@@H](CCNC(=O)CNC(=O)[C@H](CC(C)C)NC(=O)[C@H](Cc2ccccc2)NC(=O)CNC(=O)C(C)(CC(C)(CC(C)C)C(=O)NCC(C)O)C(C)C)C(C)=O)CC[C@]2(CO2)C1[C@]1(C)O[C@@H]1CC=C(C)C. The van der Waals surface area contributed by atoms with Gasteiger partial charge in [-0.05, 0) is 103 Å². The molecule has 438 valence electrons. The number of carbonyl (C=O) groups excluding carboxylic acids is 8. The lowest BCUT2D eigenvalue weighted by Gasteiger charge is -2.42. The number of aliphatic hydroxyl groups is 1. The average Bonchev–Trinajstić information content (AvgIpc) is 4.28. The van der Waals surface area contributed by atoms with Crippen LogP contribution in [0.25, 0.3) is 0 Å². The largest absolute Gasteiger partial charge is 0.460 e. The summed E-state index contributed by atoms with van der Waals surface area (Å²) in [5.74, 6) is -5.12. The Balaban J connectivity index is 1.33. The van der Waals surface area contributed by atoms with E-state index in [9.17, 15) is 43.5 Å². The summed E-state index contributed by atoms with van der Waals surface area (Å²) in [6.07, 6.45) is 3.15. The number of amides is 6. The molecule has 6 unspecified atom stereocenters. The molecule has 2 heterocycles. The number of ether oxygens (including phenoxy) is 4. The van der Waals surface area contributed by atoms with Crippen molar-refractivity contribution in [3.8, 4) is 0 Å². The second-order valence-electron chi connectivity index (χ2n) is 24.4. The van der Waals surface area contributed by atoms with Gasteiger partial charge in [0, 0.05) is 43.4 Å².